The third kappa shape index (κ3) is 2.55. The van der Waals surface area contributed by atoms with E-state index in [4.69, 9.17) is 13.9 Å². The van der Waals surface area contributed by atoms with Crippen molar-refractivity contribution in [1.82, 2.24) is 0 Å². The summed E-state index contributed by atoms with van der Waals surface area (Å²) < 4.78 is 19.0. The van der Waals surface area contributed by atoms with E-state index in [-0.39, 0.29) is 5.63 Å². The molecule has 0 aliphatic carbocycles. The van der Waals surface area contributed by atoms with E-state index in [9.17, 15) is 4.79 Å². The third-order valence-electron chi connectivity index (χ3n) is 4.28. The van der Waals surface area contributed by atoms with Gasteiger partial charge in [-0.05, 0) is 0 Å². The molecule has 0 saturated carbocycles. The molecule has 0 fully saturated rings. The molecule has 2 heterocycles. The topological polar surface area (TPSA) is 48.7 Å². The Morgan fingerprint density at radius 3 is 2.87 bits per heavy atom. The van der Waals surface area contributed by atoms with Crippen LogP contribution in [0.15, 0.2) is 45.6 Å². The minimum atomic E-state index is -1.84. The van der Waals surface area contributed by atoms with Gasteiger partial charge in [-0.3, -0.25) is 0 Å². The molecule has 2 aromatic carbocycles. The Morgan fingerprint density at radius 1 is 1.17 bits per heavy atom. The van der Waals surface area contributed by atoms with Crippen LogP contribution in [-0.2, 0) is 31.2 Å². The average molecular weight is 495 g/mol. The van der Waals surface area contributed by atoms with Gasteiger partial charge in [-0.15, -0.1) is 0 Å². The van der Waals surface area contributed by atoms with Crippen LogP contribution in [0.4, 0.5) is 0 Å². The molecule has 0 atom stereocenters. The summed E-state index contributed by atoms with van der Waals surface area (Å²) >= 11 is -1.84. The van der Waals surface area contributed by atoms with Crippen molar-refractivity contribution in [2.45, 2.75) is 13.5 Å². The van der Waals surface area contributed by atoms with Gasteiger partial charge in [0, 0.05) is 0 Å². The van der Waals surface area contributed by atoms with Crippen molar-refractivity contribution in [3.63, 3.8) is 0 Å². The van der Waals surface area contributed by atoms with Gasteiger partial charge in [-0.1, -0.05) is 0 Å². The van der Waals surface area contributed by atoms with E-state index in [2.05, 4.69) is 13.0 Å². The third-order valence-corrected chi connectivity index (χ3v) is 12.1. The maximum absolute atomic E-state index is 12.5. The predicted molar refractivity (Wildman–Crippen MR) is 83.8 cm³/mol. The fraction of sp³-hybridized carbons (Fsp3) is 0.167. The number of hydrogen-bond acceptors (Lipinski definition) is 4. The first-order chi connectivity index (χ1) is 11.2. The first-order valence-electron chi connectivity index (χ1n) is 7.50. The van der Waals surface area contributed by atoms with Gasteiger partial charge in [-0.25, -0.2) is 0 Å². The molecule has 3 aromatic rings. The fourth-order valence-corrected chi connectivity index (χ4v) is 10.5. The van der Waals surface area contributed by atoms with Gasteiger partial charge in [0.2, 0.25) is 0 Å². The molecule has 0 amide bonds. The second-order valence-electron chi connectivity index (χ2n) is 5.79. The van der Waals surface area contributed by atoms with Crippen molar-refractivity contribution in [2.24, 2.45) is 0 Å². The second kappa shape index (κ2) is 5.67. The van der Waals surface area contributed by atoms with E-state index in [0.717, 1.165) is 25.5 Å². The van der Waals surface area contributed by atoms with Gasteiger partial charge >= 0.3 is 146 Å². The standard InChI is InChI=1S/C18H14O4.Hg/c1-12-3-5-14(6-4-12)21-11-13-9-18(19)22-17-8-7-15(20-2)10-16(13)17;/h3-5,7-8,10H,11H2,1-2H3;. The van der Waals surface area contributed by atoms with Crippen LogP contribution in [0.25, 0.3) is 11.0 Å². The monoisotopic (exact) mass is 496 g/mol. The number of methoxy groups -OCH3 is 1. The Labute approximate surface area is 145 Å². The fourth-order valence-electron chi connectivity index (χ4n) is 3.08. The van der Waals surface area contributed by atoms with Crippen LogP contribution in [0.1, 0.15) is 11.1 Å². The van der Waals surface area contributed by atoms with Gasteiger partial charge in [-0.2, -0.15) is 0 Å². The van der Waals surface area contributed by atoms with Crippen LogP contribution in [0.3, 0.4) is 0 Å². The number of benzene rings is 2. The number of hydrogen-bond donors (Lipinski definition) is 0. The zero-order valence-corrected chi connectivity index (χ0v) is 18.5. The molecule has 0 saturated heterocycles. The van der Waals surface area contributed by atoms with Gasteiger partial charge in [0.15, 0.2) is 0 Å². The molecule has 5 heteroatoms. The van der Waals surface area contributed by atoms with Gasteiger partial charge in [0.1, 0.15) is 0 Å². The first-order valence-corrected chi connectivity index (χ1v) is 13.0. The summed E-state index contributed by atoms with van der Waals surface area (Å²) in [5.74, 6) is 1.67. The van der Waals surface area contributed by atoms with E-state index >= 15 is 0 Å². The van der Waals surface area contributed by atoms with E-state index in [1.165, 1.54) is 8.64 Å². The number of rotatable bonds is 1. The predicted octanol–water partition coefficient (Wildman–Crippen LogP) is 2.04. The van der Waals surface area contributed by atoms with E-state index in [0.29, 0.717) is 12.2 Å². The van der Waals surface area contributed by atoms with Crippen LogP contribution in [0, 0.1) is 6.92 Å². The SMILES string of the molecule is COc1ccc2oc(=O)[c]3c(c2c1)COc1ccc(C)c[c]1[Hg]3. The first kappa shape index (κ1) is 14.8. The molecule has 0 spiro atoms. The van der Waals surface area contributed by atoms with Crippen LogP contribution < -0.4 is 21.2 Å². The van der Waals surface area contributed by atoms with Crippen LogP contribution in [0.2, 0.25) is 0 Å². The Bertz CT molecular complexity index is 975. The van der Waals surface area contributed by atoms with Crippen molar-refractivity contribution in [3.05, 3.63) is 57.9 Å². The van der Waals surface area contributed by atoms with Crippen molar-refractivity contribution in [3.8, 4) is 11.5 Å². The molecule has 0 unspecified atom stereocenters. The Morgan fingerprint density at radius 2 is 2.04 bits per heavy atom. The van der Waals surface area contributed by atoms with E-state index < -0.39 is 24.6 Å². The van der Waals surface area contributed by atoms with Crippen molar-refractivity contribution >= 4 is 17.1 Å². The van der Waals surface area contributed by atoms with E-state index in [1.807, 2.05) is 18.2 Å². The zero-order chi connectivity index (χ0) is 16.0. The summed E-state index contributed by atoms with van der Waals surface area (Å²) in [4.78, 5) is 12.5. The molecular formula is C18H14HgO4. The van der Waals surface area contributed by atoms with E-state index in [1.54, 1.807) is 19.2 Å². The quantitative estimate of drug-likeness (QED) is 0.384. The summed E-state index contributed by atoms with van der Waals surface area (Å²) in [7, 11) is 1.63. The Balaban J connectivity index is 1.97. The molecule has 0 bridgehead atoms. The van der Waals surface area contributed by atoms with Crippen LogP contribution in [-0.4, -0.2) is 7.11 Å². The second-order valence-corrected chi connectivity index (χ2v) is 12.9. The molecule has 1 aliphatic rings. The molecule has 0 N–H and O–H groups in total. The summed E-state index contributed by atoms with van der Waals surface area (Å²) in [6.07, 6.45) is 0. The molecule has 112 valence electrons. The molecule has 0 radical (unpaired) electrons. The summed E-state index contributed by atoms with van der Waals surface area (Å²) in [5, 5.41) is 0.920. The van der Waals surface area contributed by atoms with Crippen molar-refractivity contribution < 1.29 is 38.5 Å². The minimum absolute atomic E-state index is 0.197. The summed E-state index contributed by atoms with van der Waals surface area (Å²) in [6.45, 7) is 2.47. The zero-order valence-electron chi connectivity index (χ0n) is 13.0. The van der Waals surface area contributed by atoms with Gasteiger partial charge in [0.05, 0.1) is 0 Å². The number of fused-ring (bicyclic) bond motifs is 4. The van der Waals surface area contributed by atoms with Crippen molar-refractivity contribution in [2.75, 3.05) is 7.11 Å². The number of ether oxygens (including phenoxy) is 2. The van der Waals surface area contributed by atoms with Crippen LogP contribution >= 0.6 is 0 Å². The molecule has 1 aliphatic heterocycles. The van der Waals surface area contributed by atoms with Gasteiger partial charge in [0.25, 0.3) is 0 Å². The number of aryl methyl sites for hydroxylation is 1. The summed E-state index contributed by atoms with van der Waals surface area (Å²) in [6, 6.07) is 11.7. The average Bonchev–Trinajstić information content (AvgIpc) is 2.74. The Hall–Kier alpha value is -1.81. The normalized spacial score (nSPS) is 12.3. The molecule has 4 rings (SSSR count). The molecule has 1 aromatic heterocycles. The van der Waals surface area contributed by atoms with Crippen molar-refractivity contribution in [1.29, 1.82) is 0 Å². The van der Waals surface area contributed by atoms with Gasteiger partial charge < -0.3 is 0 Å². The Kier molecular flexibility index (Phi) is 3.64. The maximum atomic E-state index is 12.5. The molecular weight excluding hydrogens is 481 g/mol. The molecule has 23 heavy (non-hydrogen) atoms. The summed E-state index contributed by atoms with van der Waals surface area (Å²) in [5.41, 5.74) is 2.57. The molecule has 4 nitrogen and oxygen atoms in total. The van der Waals surface area contributed by atoms with Crippen LogP contribution in [0.5, 0.6) is 11.5 Å².